The third-order valence-corrected chi connectivity index (χ3v) is 5.86. The number of likely N-dealkylation sites (tertiary alicyclic amines) is 1. The predicted molar refractivity (Wildman–Crippen MR) is 124 cm³/mol. The van der Waals surface area contributed by atoms with E-state index in [1.165, 1.54) is 12.1 Å². The second-order valence-corrected chi connectivity index (χ2v) is 9.61. The SMILES string of the molecule is CC(C)(C)OC(=O)N1CCC(COc2ccc(F)cc2-n2c(N)c3c(cc2=O)C(=O)NC3=O)CC1. The molecule has 0 unspecified atom stereocenters. The van der Waals surface area contributed by atoms with Gasteiger partial charge in [0.25, 0.3) is 17.4 Å². The van der Waals surface area contributed by atoms with Gasteiger partial charge in [-0.15, -0.1) is 0 Å². The Kier molecular flexibility index (Phi) is 6.27. The Bertz CT molecular complexity index is 1260. The Hall–Kier alpha value is -3.89. The van der Waals surface area contributed by atoms with E-state index in [1.54, 1.807) is 4.90 Å². The van der Waals surface area contributed by atoms with Crippen LogP contribution in [-0.2, 0) is 4.74 Å². The molecule has 0 atom stereocenters. The molecule has 2 aliphatic rings. The summed E-state index contributed by atoms with van der Waals surface area (Å²) in [6.07, 6.45) is 1.00. The molecule has 1 fully saturated rings. The second kappa shape index (κ2) is 9.05. The van der Waals surface area contributed by atoms with Gasteiger partial charge in [0.15, 0.2) is 0 Å². The molecule has 0 aliphatic carbocycles. The first kappa shape index (κ1) is 24.2. The summed E-state index contributed by atoms with van der Waals surface area (Å²) < 4.78 is 26.5. The summed E-state index contributed by atoms with van der Waals surface area (Å²) in [7, 11) is 0. The predicted octanol–water partition coefficient (Wildman–Crippen LogP) is 2.47. The standard InChI is InChI=1S/C24H27FN4O6/c1-24(2,3)35-23(33)28-8-6-13(7-9-28)12-34-17-5-4-14(25)10-16(17)29-18(30)11-15-19(20(29)26)22(32)27-21(15)31/h4-5,10-11,13H,6-9,12,26H2,1-3H3,(H,27,31,32). The van der Waals surface area contributed by atoms with Crippen LogP contribution < -0.4 is 21.3 Å². The fraction of sp³-hybridized carbons (Fsp3) is 0.417. The third kappa shape index (κ3) is 4.98. The number of pyridine rings is 1. The molecule has 3 heterocycles. The average molecular weight is 487 g/mol. The van der Waals surface area contributed by atoms with Crippen molar-refractivity contribution in [2.75, 3.05) is 25.4 Å². The highest BCUT2D eigenvalue weighted by Gasteiger charge is 2.33. The highest BCUT2D eigenvalue weighted by molar-refractivity contribution is 6.23. The number of hydrogen-bond donors (Lipinski definition) is 2. The summed E-state index contributed by atoms with van der Waals surface area (Å²) in [5.74, 6) is -2.05. The lowest BCUT2D eigenvalue weighted by atomic mass is 9.98. The summed E-state index contributed by atoms with van der Waals surface area (Å²) >= 11 is 0. The van der Waals surface area contributed by atoms with Gasteiger partial charge in [-0.25, -0.2) is 9.18 Å². The molecule has 1 aromatic carbocycles. The topological polar surface area (TPSA) is 133 Å². The van der Waals surface area contributed by atoms with Crippen LogP contribution in [0.2, 0.25) is 0 Å². The van der Waals surface area contributed by atoms with E-state index in [-0.39, 0.29) is 47.0 Å². The summed E-state index contributed by atoms with van der Waals surface area (Å²) in [6, 6.07) is 4.64. The molecule has 0 spiro atoms. The van der Waals surface area contributed by atoms with E-state index in [2.05, 4.69) is 5.32 Å². The van der Waals surface area contributed by atoms with Crippen LogP contribution in [0.4, 0.5) is 15.0 Å². The van der Waals surface area contributed by atoms with E-state index >= 15 is 0 Å². The number of benzene rings is 1. The van der Waals surface area contributed by atoms with Crippen LogP contribution in [0.25, 0.3) is 5.69 Å². The van der Waals surface area contributed by atoms with Crippen molar-refractivity contribution in [1.29, 1.82) is 0 Å². The van der Waals surface area contributed by atoms with E-state index in [9.17, 15) is 23.6 Å². The molecule has 3 N–H and O–H groups in total. The molecule has 3 amide bonds. The fourth-order valence-electron chi connectivity index (χ4n) is 4.13. The van der Waals surface area contributed by atoms with Crippen molar-refractivity contribution in [3.05, 3.63) is 51.6 Å². The van der Waals surface area contributed by atoms with Crippen LogP contribution >= 0.6 is 0 Å². The second-order valence-electron chi connectivity index (χ2n) is 9.61. The molecule has 35 heavy (non-hydrogen) atoms. The number of anilines is 1. The number of amides is 3. The lowest BCUT2D eigenvalue weighted by Gasteiger charge is -2.33. The molecule has 2 aliphatic heterocycles. The molecule has 186 valence electrons. The number of carbonyl (C=O) groups excluding carboxylic acids is 3. The zero-order valence-corrected chi connectivity index (χ0v) is 19.7. The summed E-state index contributed by atoms with van der Waals surface area (Å²) in [5, 5.41) is 2.09. The Balaban J connectivity index is 1.52. The highest BCUT2D eigenvalue weighted by Crippen LogP contribution is 2.30. The number of nitrogens with one attached hydrogen (secondary N) is 1. The maximum absolute atomic E-state index is 14.1. The first-order valence-electron chi connectivity index (χ1n) is 11.3. The smallest absolute Gasteiger partial charge is 0.410 e. The summed E-state index contributed by atoms with van der Waals surface area (Å²) in [6.45, 7) is 6.73. The number of nitrogens with zero attached hydrogens (tertiary/aromatic N) is 2. The Labute approximate surface area is 200 Å². The van der Waals surface area contributed by atoms with Crippen molar-refractivity contribution >= 4 is 23.7 Å². The number of piperidine rings is 1. The van der Waals surface area contributed by atoms with Gasteiger partial charge in [-0.3, -0.25) is 24.3 Å². The molecule has 1 saturated heterocycles. The van der Waals surface area contributed by atoms with E-state index in [4.69, 9.17) is 15.2 Å². The molecule has 11 heteroatoms. The minimum absolute atomic E-state index is 0.0219. The van der Waals surface area contributed by atoms with Crippen LogP contribution in [0.3, 0.4) is 0 Å². The number of ether oxygens (including phenoxy) is 2. The highest BCUT2D eigenvalue weighted by atomic mass is 19.1. The van der Waals surface area contributed by atoms with Crippen molar-refractivity contribution in [1.82, 2.24) is 14.8 Å². The van der Waals surface area contributed by atoms with Gasteiger partial charge in [0.1, 0.15) is 23.0 Å². The lowest BCUT2D eigenvalue weighted by molar-refractivity contribution is 0.0164. The lowest BCUT2D eigenvalue weighted by Crippen LogP contribution is -2.42. The van der Waals surface area contributed by atoms with Crippen molar-refractivity contribution in [3.63, 3.8) is 0 Å². The Morgan fingerprint density at radius 3 is 2.49 bits per heavy atom. The van der Waals surface area contributed by atoms with Crippen LogP contribution in [0.5, 0.6) is 5.75 Å². The van der Waals surface area contributed by atoms with Gasteiger partial charge in [-0.05, 0) is 51.7 Å². The Morgan fingerprint density at radius 2 is 1.83 bits per heavy atom. The number of halogens is 1. The van der Waals surface area contributed by atoms with Crippen LogP contribution in [0.15, 0.2) is 29.1 Å². The average Bonchev–Trinajstić information content (AvgIpc) is 3.05. The van der Waals surface area contributed by atoms with Gasteiger partial charge in [-0.1, -0.05) is 0 Å². The van der Waals surface area contributed by atoms with E-state index in [0.29, 0.717) is 25.9 Å². The number of nitrogen functional groups attached to an aromatic ring is 1. The quantitative estimate of drug-likeness (QED) is 0.634. The number of hydrogen-bond acceptors (Lipinski definition) is 7. The minimum atomic E-state index is -0.730. The molecule has 2 aromatic rings. The monoisotopic (exact) mass is 486 g/mol. The van der Waals surface area contributed by atoms with Gasteiger partial charge in [0, 0.05) is 25.2 Å². The number of nitrogens with two attached hydrogens (primary N) is 1. The molecule has 1 aromatic heterocycles. The van der Waals surface area contributed by atoms with Crippen molar-refractivity contribution in [3.8, 4) is 11.4 Å². The first-order chi connectivity index (χ1) is 16.4. The molecule has 0 bridgehead atoms. The maximum Gasteiger partial charge on any atom is 0.410 e. The zero-order valence-electron chi connectivity index (χ0n) is 19.7. The van der Waals surface area contributed by atoms with Gasteiger partial charge in [-0.2, -0.15) is 0 Å². The van der Waals surface area contributed by atoms with Crippen molar-refractivity contribution < 1.29 is 28.2 Å². The van der Waals surface area contributed by atoms with Crippen LogP contribution in [-0.4, -0.2) is 52.7 Å². The van der Waals surface area contributed by atoms with Crippen molar-refractivity contribution in [2.24, 2.45) is 5.92 Å². The summed E-state index contributed by atoms with van der Waals surface area (Å²) in [5.41, 5.74) is 4.58. The van der Waals surface area contributed by atoms with Crippen LogP contribution in [0.1, 0.15) is 54.3 Å². The van der Waals surface area contributed by atoms with E-state index < -0.39 is 28.8 Å². The van der Waals surface area contributed by atoms with E-state index in [1.807, 2.05) is 20.8 Å². The number of imide groups is 1. The fourth-order valence-corrected chi connectivity index (χ4v) is 4.13. The zero-order chi connectivity index (χ0) is 25.5. The molecular weight excluding hydrogens is 459 g/mol. The molecule has 0 saturated carbocycles. The minimum Gasteiger partial charge on any atom is -0.491 e. The number of aromatic nitrogens is 1. The maximum atomic E-state index is 14.1. The van der Waals surface area contributed by atoms with E-state index in [0.717, 1.165) is 16.7 Å². The molecular formula is C24H27FN4O6. The normalized spacial score (nSPS) is 16.2. The van der Waals surface area contributed by atoms with Crippen molar-refractivity contribution in [2.45, 2.75) is 39.2 Å². The molecule has 10 nitrogen and oxygen atoms in total. The number of carbonyl (C=O) groups is 3. The number of rotatable bonds is 4. The first-order valence-corrected chi connectivity index (χ1v) is 11.3. The number of fused-ring (bicyclic) bond motifs is 1. The Morgan fingerprint density at radius 1 is 1.14 bits per heavy atom. The van der Waals surface area contributed by atoms with Crippen LogP contribution in [0, 0.1) is 11.7 Å². The molecule has 4 rings (SSSR count). The third-order valence-electron chi connectivity index (χ3n) is 5.86. The van der Waals surface area contributed by atoms with Gasteiger partial charge < -0.3 is 20.1 Å². The van der Waals surface area contributed by atoms with Gasteiger partial charge in [0.2, 0.25) is 0 Å². The summed E-state index contributed by atoms with van der Waals surface area (Å²) in [4.78, 5) is 50.8. The molecule has 0 radical (unpaired) electrons. The largest absolute Gasteiger partial charge is 0.491 e. The van der Waals surface area contributed by atoms with Gasteiger partial charge >= 0.3 is 6.09 Å². The van der Waals surface area contributed by atoms with Gasteiger partial charge in [0.05, 0.1) is 23.4 Å².